The SMILES string of the molecule is [B]B([B])B(B([B])[B])B(B([B][B-])B([B])[B-])B(B(B([B])[B])B([B])[B])B(B(B([B])[B])B([B])[B])B(B([B])[B])B([B])[B]. The lowest BCUT2D eigenvalue weighted by Crippen LogP contribution is -2.91. The topological polar surface area (TPSA) is 0 Å². The van der Waals surface area contributed by atoms with Gasteiger partial charge in [-0.25, -0.2) is 6.39 Å². The summed E-state index contributed by atoms with van der Waals surface area (Å²) in [6, 6.07) is 0. The van der Waals surface area contributed by atoms with E-state index in [9.17, 15) is 0 Å². The molecule has 0 bridgehead atoms. The molecule has 0 saturated carbocycles. The third-order valence-electron chi connectivity index (χ3n) is 7.33. The Morgan fingerprint density at radius 2 is 0.514 bits per heavy atom. The van der Waals surface area contributed by atoms with Crippen LogP contribution in [0.3, 0.4) is 0 Å². The van der Waals surface area contributed by atoms with Crippen molar-refractivity contribution in [3.63, 3.8) is 0 Å². The summed E-state index contributed by atoms with van der Waals surface area (Å²) in [6.45, 7) is 0. The van der Waals surface area contributed by atoms with Gasteiger partial charge in [-0.2, -0.15) is 0 Å². The zero-order valence-corrected chi connectivity index (χ0v) is 21.4. The van der Waals surface area contributed by atoms with Crippen molar-refractivity contribution in [1.29, 1.82) is 0 Å². The van der Waals surface area contributed by atoms with Gasteiger partial charge in [-0.05, 0) is 227 Å². The van der Waals surface area contributed by atoms with E-state index in [0.29, 0.717) is 0 Å². The summed E-state index contributed by atoms with van der Waals surface area (Å²) in [5.41, 5.74) is 0. The Balaban J connectivity index is 7.97. The second-order valence-corrected chi connectivity index (χ2v) is 10.0. The molecule has 0 aliphatic heterocycles. The van der Waals surface area contributed by atoms with Gasteiger partial charge in [0.05, 0.1) is 0 Å². The fourth-order valence-corrected chi connectivity index (χ4v) is 5.90. The predicted molar refractivity (Wildman–Crippen MR) is 213 cm³/mol. The van der Waals surface area contributed by atoms with Gasteiger partial charge < -0.3 is 15.5 Å². The molecule has 113 valence electrons. The Morgan fingerprint density at radius 1 is 0.324 bits per heavy atom. The molecule has 0 aliphatic carbocycles. The molecule has 0 aromatic heterocycles. The summed E-state index contributed by atoms with van der Waals surface area (Å²) < 4.78 is 0. The van der Waals surface area contributed by atoms with Crippen LogP contribution in [0.15, 0.2) is 0 Å². The maximum Gasteiger partial charge on any atom is -0.000000000000170 e. The third kappa shape index (κ3) is 10.9. The van der Waals surface area contributed by atoms with Crippen molar-refractivity contribution in [2.75, 3.05) is 0 Å². The van der Waals surface area contributed by atoms with Crippen molar-refractivity contribution >= 4 is 263 Å². The molecule has 37 heteroatoms. The van der Waals surface area contributed by atoms with E-state index in [1.54, 1.807) is 0 Å². The molecule has 0 heterocycles. The Hall–Kier alpha value is 2.40. The molecule has 0 atom stereocenters. The van der Waals surface area contributed by atoms with Crippen molar-refractivity contribution < 1.29 is 0 Å². The minimum atomic E-state index is -1.17. The van der Waals surface area contributed by atoms with E-state index in [1.807, 2.05) is 0 Å². The summed E-state index contributed by atoms with van der Waals surface area (Å²) in [5.74, 6) is 0. The third-order valence-corrected chi connectivity index (χ3v) is 7.33. The van der Waals surface area contributed by atoms with Crippen LogP contribution in [0.4, 0.5) is 0 Å². The normalized spacial score (nSPS) is 9.57. The summed E-state index contributed by atoms with van der Waals surface area (Å²) >= 11 is 0. The standard InChI is InChI=1S/B37/c1-20-30(21(2)3)35(31(22(4)5)23(6)7)37(34(28(16)17)29(18)19)36(32(24(8)9)25(10)11)33(26(12)13)27(14)15/q-2. The van der Waals surface area contributed by atoms with E-state index in [4.69, 9.17) is 147 Å². The highest BCUT2D eigenvalue weighted by Crippen LogP contribution is 2.17. The lowest BCUT2D eigenvalue weighted by atomic mass is 8.28. The first kappa shape index (κ1) is 39.4. The van der Waals surface area contributed by atoms with Gasteiger partial charge in [0.2, 0.25) is 0 Å². The highest BCUT2D eigenvalue weighted by Gasteiger charge is 2.54. The number of rotatable bonds is 17. The van der Waals surface area contributed by atoms with E-state index >= 15 is 0 Å². The van der Waals surface area contributed by atoms with Crippen molar-refractivity contribution in [3.8, 4) is 0 Å². The molecule has 0 spiro atoms. The minimum absolute atomic E-state index is 0.881. The smallest absolute Gasteiger partial charge is 0.000000000000170 e. The van der Waals surface area contributed by atoms with Crippen LogP contribution < -0.4 is 0 Å². The molecule has 37 heavy (non-hydrogen) atoms. The molecule has 0 nitrogen and oxygen atoms in total. The monoisotopic (exact) mass is 407 g/mol. The maximum atomic E-state index is 6.23. The first-order valence-corrected chi connectivity index (χ1v) is 12.0. The molecule has 0 unspecified atom stereocenters. The molecule has 0 saturated heterocycles. The molecule has 0 aliphatic rings. The van der Waals surface area contributed by atoms with E-state index < -0.39 is 109 Å². The molecule has 0 fully saturated rings. The number of hydrogen-bond acceptors (Lipinski definition) is 0. The minimum Gasteiger partial charge on any atom is -0.690 e. The van der Waals surface area contributed by atoms with Gasteiger partial charge in [0, 0.05) is 0 Å². The van der Waals surface area contributed by atoms with Crippen LogP contribution in [0.5, 0.6) is 0 Å². The van der Waals surface area contributed by atoms with E-state index in [0.717, 1.165) is 0 Å². The molecule has 0 aromatic carbocycles. The van der Waals surface area contributed by atoms with Crippen molar-refractivity contribution in [2.24, 2.45) is 0 Å². The van der Waals surface area contributed by atoms with Crippen LogP contribution in [-0.4, -0.2) is 263 Å². The number of hydrogen-bond donors (Lipinski definition) is 0. The van der Waals surface area contributed by atoms with Crippen LogP contribution in [0.2, 0.25) is 0 Å². The highest BCUT2D eigenvalue weighted by atomic mass is 13.4. The molecule has 0 amide bonds. The zero-order valence-electron chi connectivity index (χ0n) is 21.4. The Bertz CT molecular complexity index is 523. The Kier molecular flexibility index (Phi) is 19.3. The van der Waals surface area contributed by atoms with Crippen LogP contribution >= 0.6 is 0 Å². The molecule has 41 radical (unpaired) electrons. The zero-order chi connectivity index (χ0) is 29.5. The van der Waals surface area contributed by atoms with Crippen LogP contribution in [-0.2, 0) is 0 Å². The Labute approximate surface area is 261 Å². The van der Waals surface area contributed by atoms with Crippen molar-refractivity contribution in [2.45, 2.75) is 0 Å². The average Bonchev–Trinajstić information content (AvgIpc) is 2.68. The summed E-state index contributed by atoms with van der Waals surface area (Å²) in [5, 5.41) is 0. The van der Waals surface area contributed by atoms with Crippen LogP contribution in [0, 0.1) is 0 Å². The van der Waals surface area contributed by atoms with Gasteiger partial charge in [0.1, 0.15) is 0 Å². The lowest BCUT2D eigenvalue weighted by Gasteiger charge is -2.55. The highest BCUT2D eigenvalue weighted by molar-refractivity contribution is 8.31. The van der Waals surface area contributed by atoms with Gasteiger partial charge in [0.15, 0.2) is 0 Å². The molecule has 0 aromatic rings. The first-order valence-electron chi connectivity index (χ1n) is 12.0. The second kappa shape index (κ2) is 18.2. The van der Waals surface area contributed by atoms with Crippen molar-refractivity contribution in [3.05, 3.63) is 0 Å². The lowest BCUT2D eigenvalue weighted by molar-refractivity contribution is 3.23. The molecule has 0 N–H and O–H groups in total. The fourth-order valence-electron chi connectivity index (χ4n) is 5.90. The quantitative estimate of drug-likeness (QED) is 0.213. The summed E-state index contributed by atoms with van der Waals surface area (Å²) in [4.78, 5) is 0. The fraction of sp³-hybridized carbons (Fsp3) is 0. The van der Waals surface area contributed by atoms with Gasteiger partial charge in [-0.15, -0.1) is 0 Å². The van der Waals surface area contributed by atoms with Gasteiger partial charge >= 0.3 is 0 Å². The van der Waals surface area contributed by atoms with Gasteiger partial charge in [-0.1, -0.05) is 6.39 Å². The summed E-state index contributed by atoms with van der Waals surface area (Å²) in [6.07, 6.45) is -17.9. The summed E-state index contributed by atoms with van der Waals surface area (Å²) in [7, 11) is 119. The first-order chi connectivity index (χ1) is 16.8. The van der Waals surface area contributed by atoms with E-state index in [1.165, 1.54) is 7.06 Å². The van der Waals surface area contributed by atoms with E-state index in [2.05, 4.69) is 0 Å². The van der Waals surface area contributed by atoms with Crippen molar-refractivity contribution in [1.82, 2.24) is 0 Å². The van der Waals surface area contributed by atoms with E-state index in [-0.39, 0.29) is 0 Å². The molecular formula is B37-2. The van der Waals surface area contributed by atoms with Crippen LogP contribution in [0.1, 0.15) is 0 Å². The Morgan fingerprint density at radius 3 is 0.676 bits per heavy atom. The van der Waals surface area contributed by atoms with Gasteiger partial charge in [-0.3, -0.25) is 7.06 Å². The molecule has 0 rings (SSSR count). The second-order valence-electron chi connectivity index (χ2n) is 10.0. The van der Waals surface area contributed by atoms with Crippen LogP contribution in [0.25, 0.3) is 0 Å². The molecular weight excluding hydrogens is 400 g/mol. The average molecular weight is 400 g/mol. The predicted octanol–water partition coefficient (Wildman–Crippen LogP) is -14.1. The van der Waals surface area contributed by atoms with Gasteiger partial charge in [0.25, 0.3) is 0 Å². The maximum absolute atomic E-state index is 6.23. The largest absolute Gasteiger partial charge is 0.690 e.